The quantitative estimate of drug-likeness (QED) is 0.900. The van der Waals surface area contributed by atoms with Crippen LogP contribution in [-0.2, 0) is 19.4 Å². The zero-order valence-corrected chi connectivity index (χ0v) is 11.4. The van der Waals surface area contributed by atoms with Crippen LogP contribution in [0.4, 0.5) is 0 Å². The predicted octanol–water partition coefficient (Wildman–Crippen LogP) is 2.82. The summed E-state index contributed by atoms with van der Waals surface area (Å²) in [7, 11) is 0. The van der Waals surface area contributed by atoms with Crippen LogP contribution in [0.1, 0.15) is 44.5 Å². The molecule has 2 atom stereocenters. The van der Waals surface area contributed by atoms with E-state index in [0.29, 0.717) is 5.92 Å². The number of aliphatic hydroxyl groups excluding tert-OH is 1. The van der Waals surface area contributed by atoms with E-state index >= 15 is 0 Å². The molecule has 0 aromatic carbocycles. The van der Waals surface area contributed by atoms with Gasteiger partial charge in [-0.3, -0.25) is 4.68 Å². The number of aromatic nitrogens is 2. The highest BCUT2D eigenvalue weighted by molar-refractivity contribution is 6.31. The number of aryl methyl sites for hydroxylation is 2. The Morgan fingerprint density at radius 3 is 2.71 bits per heavy atom. The van der Waals surface area contributed by atoms with Crippen molar-refractivity contribution in [1.29, 1.82) is 0 Å². The lowest BCUT2D eigenvalue weighted by atomic mass is 9.99. The monoisotopic (exact) mass is 256 g/mol. The summed E-state index contributed by atoms with van der Waals surface area (Å²) in [5.74, 6) is 0.360. The summed E-state index contributed by atoms with van der Waals surface area (Å²) < 4.78 is 1.99. The van der Waals surface area contributed by atoms with E-state index in [4.69, 9.17) is 11.6 Å². The molecule has 1 aliphatic carbocycles. The smallest absolute Gasteiger partial charge is 0.0849 e. The Balaban J connectivity index is 2.21. The van der Waals surface area contributed by atoms with E-state index in [-0.39, 0.29) is 6.10 Å². The van der Waals surface area contributed by atoms with Crippen LogP contribution in [-0.4, -0.2) is 21.0 Å². The van der Waals surface area contributed by atoms with E-state index in [2.05, 4.69) is 18.9 Å². The summed E-state index contributed by atoms with van der Waals surface area (Å²) >= 11 is 6.37. The lowest BCUT2D eigenvalue weighted by Gasteiger charge is -2.15. The normalized spacial score (nSPS) is 24.5. The fraction of sp³-hybridized carbons (Fsp3) is 0.769. The summed E-state index contributed by atoms with van der Waals surface area (Å²) in [5.41, 5.74) is 2.09. The molecule has 0 radical (unpaired) electrons. The molecule has 1 fully saturated rings. The van der Waals surface area contributed by atoms with E-state index < -0.39 is 0 Å². The van der Waals surface area contributed by atoms with E-state index in [1.54, 1.807) is 0 Å². The van der Waals surface area contributed by atoms with Crippen molar-refractivity contribution in [2.45, 2.75) is 58.6 Å². The highest BCUT2D eigenvalue weighted by Crippen LogP contribution is 2.32. The van der Waals surface area contributed by atoms with E-state index in [9.17, 15) is 5.11 Å². The second-order valence-corrected chi connectivity index (χ2v) is 5.22. The van der Waals surface area contributed by atoms with Gasteiger partial charge in [-0.1, -0.05) is 24.9 Å². The van der Waals surface area contributed by atoms with Crippen molar-refractivity contribution in [3.05, 3.63) is 16.4 Å². The number of aliphatic hydroxyl groups is 1. The third-order valence-corrected chi connectivity index (χ3v) is 4.20. The van der Waals surface area contributed by atoms with Crippen molar-refractivity contribution in [2.24, 2.45) is 5.92 Å². The van der Waals surface area contributed by atoms with E-state index in [1.165, 1.54) is 0 Å². The minimum absolute atomic E-state index is 0.156. The molecule has 0 amide bonds. The van der Waals surface area contributed by atoms with Gasteiger partial charge in [0.25, 0.3) is 0 Å². The molecule has 0 spiro atoms. The Kier molecular flexibility index (Phi) is 4.10. The summed E-state index contributed by atoms with van der Waals surface area (Å²) in [5, 5.41) is 15.2. The first-order valence-electron chi connectivity index (χ1n) is 6.59. The van der Waals surface area contributed by atoms with Gasteiger partial charge in [-0.05, 0) is 38.5 Å². The molecular formula is C13H21ClN2O. The molecule has 0 aliphatic heterocycles. The topological polar surface area (TPSA) is 38.0 Å². The molecule has 2 rings (SSSR count). The number of halogens is 1. The SMILES string of the molecule is CCc1nn(CC)c(CC2CCCC2O)c1Cl. The van der Waals surface area contributed by atoms with Crippen LogP contribution >= 0.6 is 11.6 Å². The van der Waals surface area contributed by atoms with Crippen LogP contribution in [0.3, 0.4) is 0 Å². The fourth-order valence-corrected chi connectivity index (χ4v) is 3.06. The van der Waals surface area contributed by atoms with E-state index in [1.807, 2.05) is 4.68 Å². The maximum Gasteiger partial charge on any atom is 0.0849 e. The van der Waals surface area contributed by atoms with Crippen LogP contribution in [0, 0.1) is 5.92 Å². The number of nitrogens with zero attached hydrogens (tertiary/aromatic N) is 2. The number of hydrogen-bond donors (Lipinski definition) is 1. The number of rotatable bonds is 4. The second kappa shape index (κ2) is 5.40. The molecule has 0 saturated heterocycles. The van der Waals surface area contributed by atoms with Crippen molar-refractivity contribution in [1.82, 2.24) is 9.78 Å². The van der Waals surface area contributed by atoms with Crippen LogP contribution in [0.15, 0.2) is 0 Å². The molecule has 1 aromatic heterocycles. The van der Waals surface area contributed by atoms with Crippen molar-refractivity contribution >= 4 is 11.6 Å². The molecule has 1 saturated carbocycles. The molecule has 1 aliphatic rings. The van der Waals surface area contributed by atoms with Gasteiger partial charge in [0.1, 0.15) is 0 Å². The molecule has 1 aromatic rings. The summed E-state index contributed by atoms with van der Waals surface area (Å²) in [6.07, 6.45) is 4.74. The fourth-order valence-electron chi connectivity index (χ4n) is 2.72. The largest absolute Gasteiger partial charge is 0.393 e. The van der Waals surface area contributed by atoms with Gasteiger partial charge in [0.2, 0.25) is 0 Å². The maximum atomic E-state index is 9.90. The minimum atomic E-state index is -0.156. The van der Waals surface area contributed by atoms with Crippen molar-refractivity contribution < 1.29 is 5.11 Å². The zero-order chi connectivity index (χ0) is 12.4. The van der Waals surface area contributed by atoms with Crippen molar-refractivity contribution in [3.63, 3.8) is 0 Å². The molecule has 2 unspecified atom stereocenters. The molecule has 3 nitrogen and oxygen atoms in total. The van der Waals surface area contributed by atoms with Gasteiger partial charge in [0.15, 0.2) is 0 Å². The average Bonchev–Trinajstić information content (AvgIpc) is 2.86. The zero-order valence-electron chi connectivity index (χ0n) is 10.6. The second-order valence-electron chi connectivity index (χ2n) is 4.84. The van der Waals surface area contributed by atoms with Gasteiger partial charge < -0.3 is 5.11 Å². The van der Waals surface area contributed by atoms with Gasteiger partial charge in [-0.25, -0.2) is 0 Å². The summed E-state index contributed by atoms with van der Waals surface area (Å²) in [6, 6.07) is 0. The maximum absolute atomic E-state index is 9.90. The predicted molar refractivity (Wildman–Crippen MR) is 69.3 cm³/mol. The molecule has 4 heteroatoms. The Bertz CT molecular complexity index is 389. The molecule has 0 bridgehead atoms. The lowest BCUT2D eigenvalue weighted by Crippen LogP contribution is -2.17. The van der Waals surface area contributed by atoms with Crippen LogP contribution in [0.2, 0.25) is 5.02 Å². The summed E-state index contributed by atoms with van der Waals surface area (Å²) in [6.45, 7) is 5.00. The Morgan fingerprint density at radius 1 is 1.41 bits per heavy atom. The van der Waals surface area contributed by atoms with Crippen molar-refractivity contribution in [3.8, 4) is 0 Å². The first-order valence-corrected chi connectivity index (χ1v) is 6.97. The van der Waals surface area contributed by atoms with E-state index in [0.717, 1.165) is 55.1 Å². The number of hydrogen-bond acceptors (Lipinski definition) is 2. The minimum Gasteiger partial charge on any atom is -0.393 e. The average molecular weight is 257 g/mol. The van der Waals surface area contributed by atoms with Gasteiger partial charge in [0.05, 0.1) is 22.5 Å². The summed E-state index contributed by atoms with van der Waals surface area (Å²) in [4.78, 5) is 0. The van der Waals surface area contributed by atoms with Crippen molar-refractivity contribution in [2.75, 3.05) is 0 Å². The van der Waals surface area contributed by atoms with Gasteiger partial charge >= 0.3 is 0 Å². The molecule has 1 N–H and O–H groups in total. The van der Waals surface area contributed by atoms with Gasteiger partial charge in [-0.2, -0.15) is 5.10 Å². The van der Waals surface area contributed by atoms with Gasteiger partial charge in [0, 0.05) is 6.54 Å². The highest BCUT2D eigenvalue weighted by atomic mass is 35.5. The molecule has 17 heavy (non-hydrogen) atoms. The Hall–Kier alpha value is -0.540. The first-order chi connectivity index (χ1) is 8.17. The third kappa shape index (κ3) is 2.50. The van der Waals surface area contributed by atoms with Crippen LogP contribution in [0.25, 0.3) is 0 Å². The van der Waals surface area contributed by atoms with Crippen LogP contribution < -0.4 is 0 Å². The molecule has 1 heterocycles. The Morgan fingerprint density at radius 2 is 2.18 bits per heavy atom. The van der Waals surface area contributed by atoms with Gasteiger partial charge in [-0.15, -0.1) is 0 Å². The third-order valence-electron chi connectivity index (χ3n) is 3.77. The molecular weight excluding hydrogens is 236 g/mol. The Labute approximate surface area is 108 Å². The highest BCUT2D eigenvalue weighted by Gasteiger charge is 2.28. The lowest BCUT2D eigenvalue weighted by molar-refractivity contribution is 0.131. The first kappa shape index (κ1) is 12.9. The molecule has 96 valence electrons. The van der Waals surface area contributed by atoms with Crippen LogP contribution in [0.5, 0.6) is 0 Å². The standard InChI is InChI=1S/C13H21ClN2O/c1-3-10-13(14)11(16(4-2)15-10)8-9-6-5-7-12(9)17/h9,12,17H,3-8H2,1-2H3.